The van der Waals surface area contributed by atoms with E-state index in [2.05, 4.69) is 15.9 Å². The van der Waals surface area contributed by atoms with Gasteiger partial charge in [0.1, 0.15) is 11.4 Å². The van der Waals surface area contributed by atoms with E-state index in [1.165, 1.54) is 18.2 Å². The number of hydrogen-bond acceptors (Lipinski definition) is 4. The van der Waals surface area contributed by atoms with Gasteiger partial charge in [-0.1, -0.05) is 0 Å². The Morgan fingerprint density at radius 2 is 2.04 bits per heavy atom. The second-order valence-electron chi connectivity index (χ2n) is 7.18. The van der Waals surface area contributed by atoms with Gasteiger partial charge < -0.3 is 9.47 Å². The first-order chi connectivity index (χ1) is 11.6. The van der Waals surface area contributed by atoms with Crippen LogP contribution in [0.15, 0.2) is 22.7 Å². The number of Topliss-reactive ketones (excluding diaryl/α,β-unsaturated/α-hetero) is 1. The number of ether oxygens (including phenoxy) is 2. The zero-order chi connectivity index (χ0) is 18.8. The molecule has 1 aromatic rings. The minimum Gasteiger partial charge on any atom is -0.444 e. The monoisotopic (exact) mass is 415 g/mol. The first-order valence-electron chi connectivity index (χ1n) is 8.16. The van der Waals surface area contributed by atoms with Crippen LogP contribution in [0.4, 0.5) is 9.18 Å². The van der Waals surface area contributed by atoms with Crippen molar-refractivity contribution in [1.82, 2.24) is 4.90 Å². The Labute approximate surface area is 155 Å². The van der Waals surface area contributed by atoms with Crippen molar-refractivity contribution in [2.75, 3.05) is 13.2 Å². The summed E-state index contributed by atoms with van der Waals surface area (Å²) in [5.41, 5.74) is -0.243. The predicted octanol–water partition coefficient (Wildman–Crippen LogP) is 4.19. The summed E-state index contributed by atoms with van der Waals surface area (Å²) in [6, 6.07) is 3.30. The molecule has 0 radical (unpaired) electrons. The smallest absolute Gasteiger partial charge is 0.410 e. The van der Waals surface area contributed by atoms with Crippen LogP contribution in [0.5, 0.6) is 0 Å². The van der Waals surface area contributed by atoms with Gasteiger partial charge in [0, 0.05) is 16.5 Å². The maximum absolute atomic E-state index is 13.2. The summed E-state index contributed by atoms with van der Waals surface area (Å²) >= 11 is 3.21. The third kappa shape index (κ3) is 5.25. The van der Waals surface area contributed by atoms with Crippen molar-refractivity contribution in [3.8, 4) is 0 Å². The molecule has 1 amide bonds. The van der Waals surface area contributed by atoms with Crippen molar-refractivity contribution < 1.29 is 23.5 Å². The van der Waals surface area contributed by atoms with Crippen LogP contribution in [0.2, 0.25) is 0 Å². The normalized spacial score (nSPS) is 21.1. The molecule has 0 spiro atoms. The van der Waals surface area contributed by atoms with Crippen molar-refractivity contribution >= 4 is 27.8 Å². The maximum atomic E-state index is 13.2. The van der Waals surface area contributed by atoms with E-state index in [-0.39, 0.29) is 24.9 Å². The Morgan fingerprint density at radius 1 is 1.36 bits per heavy atom. The fourth-order valence-electron chi connectivity index (χ4n) is 2.74. The number of ketones is 1. The minimum atomic E-state index is -0.621. The highest BCUT2D eigenvalue weighted by Gasteiger charge is 2.36. The van der Waals surface area contributed by atoms with E-state index in [9.17, 15) is 14.0 Å². The quantitative estimate of drug-likeness (QED) is 0.694. The molecule has 2 unspecified atom stereocenters. The number of rotatable bonds is 3. The van der Waals surface area contributed by atoms with E-state index >= 15 is 0 Å². The summed E-state index contributed by atoms with van der Waals surface area (Å²) < 4.78 is 24.6. The largest absolute Gasteiger partial charge is 0.444 e. The van der Waals surface area contributed by atoms with Gasteiger partial charge in [0.25, 0.3) is 0 Å². The minimum absolute atomic E-state index is 0.0772. The third-order valence-corrected chi connectivity index (χ3v) is 4.45. The molecule has 1 fully saturated rings. The van der Waals surface area contributed by atoms with Gasteiger partial charge in [-0.15, -0.1) is 0 Å². The molecule has 1 aliphatic rings. The molecule has 0 N–H and O–H groups in total. The van der Waals surface area contributed by atoms with Crippen LogP contribution in [0.3, 0.4) is 0 Å². The fraction of sp³-hybridized carbons (Fsp3) is 0.556. The molecular weight excluding hydrogens is 393 g/mol. The number of nitrogens with zero attached hydrogens (tertiary/aromatic N) is 1. The third-order valence-electron chi connectivity index (χ3n) is 3.79. The summed E-state index contributed by atoms with van der Waals surface area (Å²) in [6.07, 6.45) is -0.382. The highest BCUT2D eigenvalue weighted by Crippen LogP contribution is 2.24. The SMILES string of the molecule is CC1COCC(CC(=O)c2ccc(F)cc2Br)N1C(=O)OC(C)(C)C. The van der Waals surface area contributed by atoms with E-state index in [1.54, 1.807) is 25.7 Å². The van der Waals surface area contributed by atoms with Crippen LogP contribution >= 0.6 is 15.9 Å². The van der Waals surface area contributed by atoms with Gasteiger partial charge in [-0.05, 0) is 61.8 Å². The van der Waals surface area contributed by atoms with Gasteiger partial charge in [0.15, 0.2) is 5.78 Å². The predicted molar refractivity (Wildman–Crippen MR) is 95.2 cm³/mol. The number of morpholine rings is 1. The van der Waals surface area contributed by atoms with Crippen molar-refractivity contribution in [2.45, 2.75) is 51.8 Å². The molecule has 1 saturated heterocycles. The lowest BCUT2D eigenvalue weighted by molar-refractivity contribution is -0.0558. The number of carbonyl (C=O) groups excluding carboxylic acids is 2. The lowest BCUT2D eigenvalue weighted by Gasteiger charge is -2.40. The van der Waals surface area contributed by atoms with Crippen LogP contribution in [-0.4, -0.2) is 47.7 Å². The topological polar surface area (TPSA) is 55.8 Å². The Kier molecular flexibility index (Phi) is 6.21. The van der Waals surface area contributed by atoms with E-state index in [0.717, 1.165) is 0 Å². The molecular formula is C18H23BrFNO4. The second-order valence-corrected chi connectivity index (χ2v) is 8.03. The van der Waals surface area contributed by atoms with E-state index in [4.69, 9.17) is 9.47 Å². The number of benzene rings is 1. The van der Waals surface area contributed by atoms with Gasteiger partial charge in [0.05, 0.1) is 25.3 Å². The first kappa shape index (κ1) is 19.8. The average molecular weight is 416 g/mol. The van der Waals surface area contributed by atoms with E-state index in [1.807, 2.05) is 6.92 Å². The molecule has 0 bridgehead atoms. The molecule has 1 aliphatic heterocycles. The van der Waals surface area contributed by atoms with Crippen LogP contribution in [-0.2, 0) is 9.47 Å². The summed E-state index contributed by atoms with van der Waals surface area (Å²) in [6.45, 7) is 7.90. The average Bonchev–Trinajstić information content (AvgIpc) is 2.44. The molecule has 138 valence electrons. The molecule has 5 nitrogen and oxygen atoms in total. The van der Waals surface area contributed by atoms with Crippen LogP contribution in [0, 0.1) is 5.82 Å². The standard InChI is InChI=1S/C18H23BrFNO4/c1-11-9-24-10-13(21(11)17(23)25-18(2,3)4)8-16(22)14-6-5-12(20)7-15(14)19/h5-7,11,13H,8-10H2,1-4H3. The van der Waals surface area contributed by atoms with Crippen molar-refractivity contribution in [1.29, 1.82) is 0 Å². The van der Waals surface area contributed by atoms with E-state index in [0.29, 0.717) is 16.6 Å². The zero-order valence-electron chi connectivity index (χ0n) is 14.8. The molecule has 25 heavy (non-hydrogen) atoms. The molecule has 2 rings (SSSR count). The Morgan fingerprint density at radius 3 is 2.64 bits per heavy atom. The summed E-state index contributed by atoms with van der Waals surface area (Å²) in [5, 5.41) is 0. The molecule has 0 saturated carbocycles. The Balaban J connectivity index is 2.17. The van der Waals surface area contributed by atoms with Gasteiger partial charge in [-0.2, -0.15) is 0 Å². The maximum Gasteiger partial charge on any atom is 0.410 e. The Hall–Kier alpha value is -1.47. The molecule has 1 heterocycles. The van der Waals surface area contributed by atoms with Gasteiger partial charge in [-0.25, -0.2) is 9.18 Å². The molecule has 2 atom stereocenters. The van der Waals surface area contributed by atoms with E-state index < -0.39 is 23.6 Å². The number of halogens is 2. The molecule has 0 aliphatic carbocycles. The lowest BCUT2D eigenvalue weighted by Crippen LogP contribution is -2.55. The second kappa shape index (κ2) is 7.83. The zero-order valence-corrected chi connectivity index (χ0v) is 16.4. The van der Waals surface area contributed by atoms with Gasteiger partial charge in [0.2, 0.25) is 0 Å². The number of hydrogen-bond donors (Lipinski definition) is 0. The van der Waals surface area contributed by atoms with Crippen LogP contribution < -0.4 is 0 Å². The molecule has 1 aromatic carbocycles. The fourth-order valence-corrected chi connectivity index (χ4v) is 3.31. The van der Waals surface area contributed by atoms with Gasteiger partial charge >= 0.3 is 6.09 Å². The summed E-state index contributed by atoms with van der Waals surface area (Å²) in [5.74, 6) is -0.614. The summed E-state index contributed by atoms with van der Waals surface area (Å²) in [7, 11) is 0. The molecule has 0 aromatic heterocycles. The molecule has 7 heteroatoms. The van der Waals surface area contributed by atoms with Crippen molar-refractivity contribution in [3.05, 3.63) is 34.1 Å². The van der Waals surface area contributed by atoms with Crippen LogP contribution in [0.25, 0.3) is 0 Å². The van der Waals surface area contributed by atoms with Crippen molar-refractivity contribution in [2.24, 2.45) is 0 Å². The lowest BCUT2D eigenvalue weighted by atomic mass is 10.0. The van der Waals surface area contributed by atoms with Gasteiger partial charge in [-0.3, -0.25) is 9.69 Å². The van der Waals surface area contributed by atoms with Crippen LogP contribution in [0.1, 0.15) is 44.5 Å². The summed E-state index contributed by atoms with van der Waals surface area (Å²) in [4.78, 5) is 26.7. The highest BCUT2D eigenvalue weighted by molar-refractivity contribution is 9.10. The number of carbonyl (C=O) groups is 2. The van der Waals surface area contributed by atoms with Crippen molar-refractivity contribution in [3.63, 3.8) is 0 Å². The Bertz CT molecular complexity index is 659. The highest BCUT2D eigenvalue weighted by atomic mass is 79.9. The number of amides is 1. The first-order valence-corrected chi connectivity index (χ1v) is 8.95.